The summed E-state index contributed by atoms with van der Waals surface area (Å²) in [7, 11) is 0. The summed E-state index contributed by atoms with van der Waals surface area (Å²) < 4.78 is 0. The van der Waals surface area contributed by atoms with Crippen LogP contribution in [0.1, 0.15) is 39.5 Å². The van der Waals surface area contributed by atoms with Gasteiger partial charge in [0.25, 0.3) is 0 Å². The van der Waals surface area contributed by atoms with Gasteiger partial charge in [-0.05, 0) is 26.2 Å². The van der Waals surface area contributed by atoms with Gasteiger partial charge in [0, 0.05) is 25.6 Å². The molecular weight excluding hydrogens is 220 g/mol. The van der Waals surface area contributed by atoms with Crippen molar-refractivity contribution in [2.75, 3.05) is 13.1 Å². The van der Waals surface area contributed by atoms with Gasteiger partial charge in [-0.25, -0.2) is 0 Å². The third-order valence-corrected chi connectivity index (χ3v) is 3.65. The first kappa shape index (κ1) is 14.0. The van der Waals surface area contributed by atoms with Crippen LogP contribution >= 0.6 is 0 Å². The van der Waals surface area contributed by atoms with E-state index in [0.717, 1.165) is 0 Å². The van der Waals surface area contributed by atoms with Gasteiger partial charge >= 0.3 is 5.97 Å². The third-order valence-electron chi connectivity index (χ3n) is 3.65. The number of carbonyl (C=O) groups excluding carboxylic acids is 1. The Kier molecular flexibility index (Phi) is 4.51. The predicted octanol–water partition coefficient (Wildman–Crippen LogP) is 0.827. The summed E-state index contributed by atoms with van der Waals surface area (Å²) in [6, 6.07) is 0.0111. The van der Waals surface area contributed by atoms with E-state index in [4.69, 9.17) is 5.73 Å². The number of hydrogen-bond donors (Lipinski definition) is 2. The Bertz CT molecular complexity index is 304. The number of amides is 1. The molecule has 1 heterocycles. The van der Waals surface area contributed by atoms with Gasteiger partial charge in [-0.2, -0.15) is 0 Å². The summed E-state index contributed by atoms with van der Waals surface area (Å²) >= 11 is 0. The number of hydrogen-bond acceptors (Lipinski definition) is 3. The maximum absolute atomic E-state index is 11.9. The number of carbonyl (C=O) groups is 2. The van der Waals surface area contributed by atoms with E-state index >= 15 is 0 Å². The summed E-state index contributed by atoms with van der Waals surface area (Å²) in [5.74, 6) is -0.763. The lowest BCUT2D eigenvalue weighted by Gasteiger charge is -2.23. The zero-order chi connectivity index (χ0) is 13.1. The standard InChI is InChI=1S/C12H22N2O3/c1-3-12(11(16)17)6-7-14(8-12)10(15)5-4-9(2)13/h9H,3-8,13H2,1-2H3,(H,16,17). The van der Waals surface area contributed by atoms with Crippen molar-refractivity contribution in [1.82, 2.24) is 4.90 Å². The van der Waals surface area contributed by atoms with E-state index in [1.54, 1.807) is 4.90 Å². The van der Waals surface area contributed by atoms with Crippen LogP contribution in [0.4, 0.5) is 0 Å². The second kappa shape index (κ2) is 5.49. The highest BCUT2D eigenvalue weighted by Crippen LogP contribution is 2.34. The molecule has 0 aromatic rings. The van der Waals surface area contributed by atoms with Crippen LogP contribution in [0, 0.1) is 5.41 Å². The van der Waals surface area contributed by atoms with Crippen molar-refractivity contribution >= 4 is 11.9 Å². The van der Waals surface area contributed by atoms with E-state index in [1.807, 2.05) is 13.8 Å². The highest BCUT2D eigenvalue weighted by molar-refractivity contribution is 5.80. The van der Waals surface area contributed by atoms with Crippen LogP contribution in [0.15, 0.2) is 0 Å². The van der Waals surface area contributed by atoms with Gasteiger partial charge in [0.05, 0.1) is 5.41 Å². The van der Waals surface area contributed by atoms with Gasteiger partial charge in [-0.15, -0.1) is 0 Å². The Labute approximate surface area is 102 Å². The molecule has 1 rings (SSSR count). The van der Waals surface area contributed by atoms with Gasteiger partial charge in [0.15, 0.2) is 0 Å². The number of rotatable bonds is 5. The Morgan fingerprint density at radius 2 is 2.18 bits per heavy atom. The fraction of sp³-hybridized carbons (Fsp3) is 0.833. The number of carboxylic acid groups (broad SMARTS) is 1. The van der Waals surface area contributed by atoms with Crippen LogP contribution in [-0.2, 0) is 9.59 Å². The average molecular weight is 242 g/mol. The summed E-state index contributed by atoms with van der Waals surface area (Å²) in [5.41, 5.74) is 4.87. The molecule has 0 saturated carbocycles. The van der Waals surface area contributed by atoms with Crippen LogP contribution in [-0.4, -0.2) is 41.0 Å². The molecule has 1 saturated heterocycles. The summed E-state index contributed by atoms with van der Waals surface area (Å²) in [6.07, 6.45) is 2.20. The summed E-state index contributed by atoms with van der Waals surface area (Å²) in [5, 5.41) is 9.22. The third kappa shape index (κ3) is 3.19. The Hall–Kier alpha value is -1.10. The number of carboxylic acids is 1. The number of nitrogens with two attached hydrogens (primary N) is 1. The van der Waals surface area contributed by atoms with Crippen LogP contribution in [0.2, 0.25) is 0 Å². The quantitative estimate of drug-likeness (QED) is 0.748. The number of aliphatic carboxylic acids is 1. The number of nitrogens with zero attached hydrogens (tertiary/aromatic N) is 1. The minimum atomic E-state index is -0.789. The normalized spacial score (nSPS) is 25.9. The first-order valence-corrected chi connectivity index (χ1v) is 6.18. The zero-order valence-electron chi connectivity index (χ0n) is 10.6. The lowest BCUT2D eigenvalue weighted by atomic mass is 9.84. The largest absolute Gasteiger partial charge is 0.481 e. The minimum absolute atomic E-state index is 0.0111. The van der Waals surface area contributed by atoms with Crippen molar-refractivity contribution in [2.45, 2.75) is 45.6 Å². The Morgan fingerprint density at radius 3 is 2.59 bits per heavy atom. The van der Waals surface area contributed by atoms with Gasteiger partial charge in [-0.3, -0.25) is 9.59 Å². The van der Waals surface area contributed by atoms with E-state index in [9.17, 15) is 14.7 Å². The van der Waals surface area contributed by atoms with E-state index in [-0.39, 0.29) is 11.9 Å². The molecule has 1 amide bonds. The monoisotopic (exact) mass is 242 g/mol. The van der Waals surface area contributed by atoms with E-state index in [0.29, 0.717) is 38.8 Å². The molecular formula is C12H22N2O3. The van der Waals surface area contributed by atoms with Crippen LogP contribution < -0.4 is 5.73 Å². The van der Waals surface area contributed by atoms with Crippen molar-refractivity contribution < 1.29 is 14.7 Å². The molecule has 1 fully saturated rings. The second-order valence-electron chi connectivity index (χ2n) is 5.02. The Balaban J connectivity index is 2.54. The van der Waals surface area contributed by atoms with Gasteiger partial charge in [0.1, 0.15) is 0 Å². The molecule has 3 N–H and O–H groups in total. The van der Waals surface area contributed by atoms with Crippen molar-refractivity contribution in [2.24, 2.45) is 11.1 Å². The molecule has 98 valence electrons. The first-order valence-electron chi connectivity index (χ1n) is 6.18. The molecule has 0 spiro atoms. The lowest BCUT2D eigenvalue weighted by Crippen LogP contribution is -2.36. The molecule has 0 aromatic carbocycles. The maximum Gasteiger partial charge on any atom is 0.311 e. The van der Waals surface area contributed by atoms with E-state index in [2.05, 4.69) is 0 Å². The van der Waals surface area contributed by atoms with E-state index < -0.39 is 11.4 Å². The zero-order valence-corrected chi connectivity index (χ0v) is 10.6. The molecule has 0 aliphatic carbocycles. The van der Waals surface area contributed by atoms with Crippen molar-refractivity contribution in [3.05, 3.63) is 0 Å². The highest BCUT2D eigenvalue weighted by atomic mass is 16.4. The van der Waals surface area contributed by atoms with Gasteiger partial charge < -0.3 is 15.7 Å². The molecule has 0 aromatic heterocycles. The fourth-order valence-electron chi connectivity index (χ4n) is 2.21. The average Bonchev–Trinajstić information content (AvgIpc) is 2.71. The SMILES string of the molecule is CCC1(C(=O)O)CCN(C(=O)CCC(C)N)C1. The lowest BCUT2D eigenvalue weighted by molar-refractivity contribution is -0.148. The van der Waals surface area contributed by atoms with E-state index in [1.165, 1.54) is 0 Å². The van der Waals surface area contributed by atoms with Crippen LogP contribution in [0.5, 0.6) is 0 Å². The number of likely N-dealkylation sites (tertiary alicyclic amines) is 1. The Morgan fingerprint density at radius 1 is 1.53 bits per heavy atom. The fourth-order valence-corrected chi connectivity index (χ4v) is 2.21. The van der Waals surface area contributed by atoms with Crippen molar-refractivity contribution in [3.8, 4) is 0 Å². The molecule has 5 heteroatoms. The summed E-state index contributed by atoms with van der Waals surface area (Å²) in [6.45, 7) is 4.63. The molecule has 2 unspecified atom stereocenters. The molecule has 5 nitrogen and oxygen atoms in total. The maximum atomic E-state index is 11.9. The van der Waals surface area contributed by atoms with Gasteiger partial charge in [-0.1, -0.05) is 6.92 Å². The molecule has 0 bridgehead atoms. The van der Waals surface area contributed by atoms with Crippen LogP contribution in [0.3, 0.4) is 0 Å². The second-order valence-corrected chi connectivity index (χ2v) is 5.02. The minimum Gasteiger partial charge on any atom is -0.481 e. The molecule has 0 radical (unpaired) electrons. The van der Waals surface area contributed by atoms with Crippen LogP contribution in [0.25, 0.3) is 0 Å². The molecule has 2 atom stereocenters. The first-order chi connectivity index (χ1) is 7.91. The molecule has 17 heavy (non-hydrogen) atoms. The van der Waals surface area contributed by atoms with Gasteiger partial charge in [0.2, 0.25) is 5.91 Å². The topological polar surface area (TPSA) is 83.6 Å². The smallest absolute Gasteiger partial charge is 0.311 e. The van der Waals surface area contributed by atoms with Crippen molar-refractivity contribution in [1.29, 1.82) is 0 Å². The summed E-state index contributed by atoms with van der Waals surface area (Å²) in [4.78, 5) is 24.8. The highest BCUT2D eigenvalue weighted by Gasteiger charge is 2.44. The molecule has 1 aliphatic heterocycles. The predicted molar refractivity (Wildman–Crippen MR) is 64.4 cm³/mol. The van der Waals surface area contributed by atoms with Crippen molar-refractivity contribution in [3.63, 3.8) is 0 Å². The molecule has 1 aliphatic rings.